The number of carbonyl (C=O) groups excluding carboxylic acids is 1. The molecule has 0 aromatic heterocycles. The van der Waals surface area contributed by atoms with Crippen molar-refractivity contribution in [3.05, 3.63) is 48.1 Å². The summed E-state index contributed by atoms with van der Waals surface area (Å²) in [5.74, 6) is 0.260. The predicted octanol–water partition coefficient (Wildman–Crippen LogP) is 2.80. The smallest absolute Gasteiger partial charge is 0.235 e. The lowest BCUT2D eigenvalue weighted by molar-refractivity contribution is -0.131. The van der Waals surface area contributed by atoms with Crippen LogP contribution in [0.25, 0.3) is 0 Å². The Hall–Kier alpha value is -1.36. The molecule has 2 aliphatic carbocycles. The predicted molar refractivity (Wildman–Crippen MR) is 106 cm³/mol. The zero-order valence-electron chi connectivity index (χ0n) is 15.6. The van der Waals surface area contributed by atoms with Gasteiger partial charge in [-0.1, -0.05) is 56.4 Å². The Labute approximate surface area is 161 Å². The van der Waals surface area contributed by atoms with Gasteiger partial charge in [-0.25, -0.2) is 0 Å². The second kappa shape index (κ2) is 7.71. The van der Waals surface area contributed by atoms with E-state index in [-0.39, 0.29) is 29.8 Å². The van der Waals surface area contributed by atoms with Gasteiger partial charge in [0.15, 0.2) is 0 Å². The first-order chi connectivity index (χ1) is 12.4. The minimum atomic E-state index is -0.878. The van der Waals surface area contributed by atoms with Crippen LogP contribution in [0.1, 0.15) is 26.7 Å². The second-order valence-electron chi connectivity index (χ2n) is 8.22. The van der Waals surface area contributed by atoms with Gasteiger partial charge in [0.25, 0.3) is 0 Å². The molecule has 1 aliphatic heterocycles. The van der Waals surface area contributed by atoms with E-state index < -0.39 is 5.60 Å². The Kier molecular flexibility index (Phi) is 5.75. The summed E-state index contributed by atoms with van der Waals surface area (Å²) in [6.07, 6.45) is 17.6. The molecule has 142 valence electrons. The van der Waals surface area contributed by atoms with E-state index in [4.69, 9.17) is 11.6 Å². The van der Waals surface area contributed by atoms with Gasteiger partial charge in [-0.2, -0.15) is 0 Å². The largest absolute Gasteiger partial charge is 0.385 e. The van der Waals surface area contributed by atoms with Crippen LogP contribution in [-0.4, -0.2) is 53.1 Å². The molecular formula is C21H29ClN2O2. The third-order valence-corrected chi connectivity index (χ3v) is 5.90. The molecule has 2 N–H and O–H groups in total. The van der Waals surface area contributed by atoms with Gasteiger partial charge >= 0.3 is 0 Å². The maximum atomic E-state index is 11.4. The fourth-order valence-electron chi connectivity index (χ4n) is 4.22. The quantitative estimate of drug-likeness (QED) is 0.701. The third-order valence-electron chi connectivity index (χ3n) is 5.66. The average molecular weight is 377 g/mol. The van der Waals surface area contributed by atoms with E-state index in [0.717, 1.165) is 12.8 Å². The van der Waals surface area contributed by atoms with Crippen molar-refractivity contribution in [2.75, 3.05) is 25.5 Å². The molecule has 1 heterocycles. The van der Waals surface area contributed by atoms with E-state index in [0.29, 0.717) is 19.0 Å². The van der Waals surface area contributed by atoms with E-state index in [9.17, 15) is 9.90 Å². The summed E-state index contributed by atoms with van der Waals surface area (Å²) < 4.78 is 0. The average Bonchev–Trinajstić information content (AvgIpc) is 2.60. The molecular weight excluding hydrogens is 348 g/mol. The molecule has 0 bridgehead atoms. The molecule has 5 heteroatoms. The van der Waals surface area contributed by atoms with Crippen LogP contribution in [0.4, 0.5) is 0 Å². The van der Waals surface area contributed by atoms with Crippen molar-refractivity contribution in [2.45, 2.75) is 38.3 Å². The number of rotatable bonds is 6. The minimum Gasteiger partial charge on any atom is -0.385 e. The number of nitrogens with one attached hydrogen (secondary N) is 1. The lowest BCUT2D eigenvalue weighted by atomic mass is 9.70. The molecule has 4 nitrogen and oxygen atoms in total. The van der Waals surface area contributed by atoms with Crippen LogP contribution in [-0.2, 0) is 4.79 Å². The summed E-state index contributed by atoms with van der Waals surface area (Å²) >= 11 is 5.52. The first-order valence-corrected chi connectivity index (χ1v) is 9.90. The zero-order chi connectivity index (χ0) is 18.8. The lowest BCUT2D eigenvalue weighted by Gasteiger charge is -2.55. The number of likely N-dealkylation sites (tertiary alicyclic amines) is 1. The van der Waals surface area contributed by atoms with E-state index in [2.05, 4.69) is 66.6 Å². The van der Waals surface area contributed by atoms with Gasteiger partial charge in [-0.15, -0.1) is 11.6 Å². The highest BCUT2D eigenvalue weighted by Crippen LogP contribution is 2.42. The Morgan fingerprint density at radius 1 is 1.46 bits per heavy atom. The topological polar surface area (TPSA) is 52.6 Å². The van der Waals surface area contributed by atoms with Crippen molar-refractivity contribution < 1.29 is 9.90 Å². The number of alkyl halides is 1. The maximum Gasteiger partial charge on any atom is 0.235 e. The van der Waals surface area contributed by atoms with Crippen LogP contribution in [0.3, 0.4) is 0 Å². The molecule has 26 heavy (non-hydrogen) atoms. The summed E-state index contributed by atoms with van der Waals surface area (Å²) in [5, 5.41) is 13.4. The third kappa shape index (κ3) is 4.13. The van der Waals surface area contributed by atoms with Crippen LogP contribution >= 0.6 is 11.6 Å². The molecule has 3 unspecified atom stereocenters. The second-order valence-corrected chi connectivity index (χ2v) is 8.48. The van der Waals surface area contributed by atoms with Crippen LogP contribution in [0, 0.1) is 11.3 Å². The van der Waals surface area contributed by atoms with Crippen LogP contribution in [0.2, 0.25) is 0 Å². The number of aliphatic hydroxyl groups is 1. The first kappa shape index (κ1) is 19.4. The number of halogens is 1. The number of carbonyl (C=O) groups is 1. The number of hydrogen-bond donors (Lipinski definition) is 2. The lowest BCUT2D eigenvalue weighted by Crippen LogP contribution is -2.70. The van der Waals surface area contributed by atoms with Crippen molar-refractivity contribution in [1.82, 2.24) is 10.2 Å². The Bertz CT molecular complexity index is 661. The fourth-order valence-corrected chi connectivity index (χ4v) is 4.31. The Morgan fingerprint density at radius 3 is 2.81 bits per heavy atom. The van der Waals surface area contributed by atoms with Crippen LogP contribution in [0.15, 0.2) is 48.1 Å². The molecule has 1 saturated heterocycles. The maximum absolute atomic E-state index is 11.4. The summed E-state index contributed by atoms with van der Waals surface area (Å²) in [5.41, 5.74) is 0.445. The molecule has 0 radical (unpaired) electrons. The first-order valence-electron chi connectivity index (χ1n) is 9.37. The Balaban J connectivity index is 1.74. The molecule has 0 spiro atoms. The van der Waals surface area contributed by atoms with Gasteiger partial charge in [0.2, 0.25) is 5.91 Å². The van der Waals surface area contributed by atoms with Gasteiger partial charge in [0, 0.05) is 31.1 Å². The molecule has 3 atom stereocenters. The molecule has 0 aromatic rings. The number of amides is 1. The van der Waals surface area contributed by atoms with Gasteiger partial charge in [0.05, 0.1) is 0 Å². The monoisotopic (exact) mass is 376 g/mol. The van der Waals surface area contributed by atoms with Gasteiger partial charge < -0.3 is 10.4 Å². The number of hydrogen-bond acceptors (Lipinski definition) is 3. The molecule has 1 fully saturated rings. The van der Waals surface area contributed by atoms with Gasteiger partial charge in [-0.05, 0) is 24.3 Å². The van der Waals surface area contributed by atoms with E-state index in [1.807, 2.05) is 0 Å². The van der Waals surface area contributed by atoms with Crippen molar-refractivity contribution in [3.63, 3.8) is 0 Å². The number of allylic oxidation sites excluding steroid dienone is 5. The number of nitrogens with zero attached hydrogens (tertiary/aromatic N) is 1. The van der Waals surface area contributed by atoms with Crippen molar-refractivity contribution in [1.29, 1.82) is 0 Å². The highest BCUT2D eigenvalue weighted by molar-refractivity contribution is 6.27. The summed E-state index contributed by atoms with van der Waals surface area (Å²) in [7, 11) is 0. The normalized spacial score (nSPS) is 31.2. The van der Waals surface area contributed by atoms with Crippen molar-refractivity contribution >= 4 is 17.5 Å². The minimum absolute atomic E-state index is 0.00772. The zero-order valence-corrected chi connectivity index (χ0v) is 16.4. The SMILES string of the molecule is CC1C=CC(C(N2CC(O)(CNC(=O)CCl)C2)C2(C)C=CC=CC2)=CC1. The summed E-state index contributed by atoms with van der Waals surface area (Å²) in [4.78, 5) is 13.7. The highest BCUT2D eigenvalue weighted by atomic mass is 35.5. The van der Waals surface area contributed by atoms with Gasteiger partial charge in [-0.3, -0.25) is 9.69 Å². The van der Waals surface area contributed by atoms with Crippen molar-refractivity contribution in [3.8, 4) is 0 Å². The van der Waals surface area contributed by atoms with Crippen LogP contribution in [0.5, 0.6) is 0 Å². The Morgan fingerprint density at radius 2 is 2.23 bits per heavy atom. The molecule has 1 amide bonds. The molecule has 3 aliphatic rings. The van der Waals surface area contributed by atoms with Crippen molar-refractivity contribution in [2.24, 2.45) is 11.3 Å². The van der Waals surface area contributed by atoms with E-state index in [1.54, 1.807) is 0 Å². The standard InChI is InChI=1S/C21H29ClN2O2/c1-16-6-8-17(9-7-16)19(20(2)10-4-3-5-11-20)24-14-21(26,15-24)13-23-18(25)12-22/h3-6,8-10,16,19,26H,7,11-15H2,1-2H3,(H,23,25). The summed E-state index contributed by atoms with van der Waals surface area (Å²) in [6.45, 7) is 5.87. The molecule has 0 aromatic carbocycles. The highest BCUT2D eigenvalue weighted by Gasteiger charge is 2.49. The van der Waals surface area contributed by atoms with Crippen LogP contribution < -0.4 is 5.32 Å². The molecule has 0 saturated carbocycles. The fraction of sp³-hybridized carbons (Fsp3) is 0.571. The number of β-amino-alcohol motifs (C(OH)–C–C–N with tert-alkyl or cyclic N) is 1. The summed E-state index contributed by atoms with van der Waals surface area (Å²) in [6, 6.07) is 0.219. The van der Waals surface area contributed by atoms with Gasteiger partial charge in [0.1, 0.15) is 11.5 Å². The molecule has 3 rings (SSSR count). The van der Waals surface area contributed by atoms with E-state index >= 15 is 0 Å². The van der Waals surface area contributed by atoms with E-state index in [1.165, 1.54) is 5.57 Å².